The first-order valence-electron chi connectivity index (χ1n) is 8.00. The predicted octanol–water partition coefficient (Wildman–Crippen LogP) is 1.81. The third-order valence-electron chi connectivity index (χ3n) is 4.90. The molecule has 0 unspecified atom stereocenters. The van der Waals surface area contributed by atoms with Crippen LogP contribution in [-0.4, -0.2) is 79.6 Å². The van der Waals surface area contributed by atoms with Crippen molar-refractivity contribution in [1.29, 1.82) is 0 Å². The van der Waals surface area contributed by atoms with Crippen LogP contribution in [0.5, 0.6) is 0 Å². The van der Waals surface area contributed by atoms with E-state index in [0.29, 0.717) is 25.9 Å². The first-order valence-corrected chi connectivity index (χ1v) is 8.00. The Morgan fingerprint density at radius 1 is 1.09 bits per heavy atom. The molecule has 2 aliphatic rings. The van der Waals surface area contributed by atoms with Crippen molar-refractivity contribution >= 4 is 5.91 Å². The average Bonchev–Trinajstić information content (AvgIpc) is 2.46. The van der Waals surface area contributed by atoms with Crippen LogP contribution in [0.2, 0.25) is 0 Å². The van der Waals surface area contributed by atoms with Crippen LogP contribution < -0.4 is 0 Å². The summed E-state index contributed by atoms with van der Waals surface area (Å²) in [6.45, 7) is 2.18. The van der Waals surface area contributed by atoms with Crippen LogP contribution in [0.15, 0.2) is 0 Å². The lowest BCUT2D eigenvalue weighted by Crippen LogP contribution is -2.49. The van der Waals surface area contributed by atoms with E-state index < -0.39 is 12.7 Å². The van der Waals surface area contributed by atoms with Gasteiger partial charge in [-0.25, -0.2) is 0 Å². The van der Waals surface area contributed by atoms with Gasteiger partial charge < -0.3 is 9.80 Å². The van der Waals surface area contributed by atoms with E-state index in [4.69, 9.17) is 0 Å². The van der Waals surface area contributed by atoms with Crippen LogP contribution in [0.4, 0.5) is 13.2 Å². The number of likely N-dealkylation sites (tertiary alicyclic amines) is 2. The van der Waals surface area contributed by atoms with Crippen LogP contribution in [-0.2, 0) is 4.79 Å². The highest BCUT2D eigenvalue weighted by molar-refractivity contribution is 5.79. The van der Waals surface area contributed by atoms with E-state index in [1.807, 2.05) is 4.90 Å². The molecular formula is C15H26F3N3O. The molecule has 2 saturated heterocycles. The number of halogens is 3. The van der Waals surface area contributed by atoms with Gasteiger partial charge in [0, 0.05) is 25.0 Å². The van der Waals surface area contributed by atoms with Crippen molar-refractivity contribution in [1.82, 2.24) is 14.7 Å². The number of hydrogen-bond acceptors (Lipinski definition) is 3. The second-order valence-corrected chi connectivity index (χ2v) is 6.66. The molecule has 0 aromatic heterocycles. The number of amides is 1. The Morgan fingerprint density at radius 2 is 1.64 bits per heavy atom. The van der Waals surface area contributed by atoms with E-state index in [9.17, 15) is 18.0 Å². The first-order chi connectivity index (χ1) is 10.3. The molecule has 7 heteroatoms. The van der Waals surface area contributed by atoms with Gasteiger partial charge in [0.05, 0.1) is 6.54 Å². The maximum Gasteiger partial charge on any atom is 0.401 e. The van der Waals surface area contributed by atoms with Crippen molar-refractivity contribution in [3.05, 3.63) is 0 Å². The summed E-state index contributed by atoms with van der Waals surface area (Å²) in [4.78, 5) is 17.9. The lowest BCUT2D eigenvalue weighted by Gasteiger charge is -2.39. The minimum atomic E-state index is -4.16. The Bertz CT molecular complexity index is 373. The van der Waals surface area contributed by atoms with E-state index in [0.717, 1.165) is 25.9 Å². The maximum atomic E-state index is 12.5. The van der Waals surface area contributed by atoms with Crippen LogP contribution in [0.1, 0.15) is 25.7 Å². The third kappa shape index (κ3) is 4.84. The van der Waals surface area contributed by atoms with Crippen LogP contribution >= 0.6 is 0 Å². The molecule has 4 nitrogen and oxygen atoms in total. The van der Waals surface area contributed by atoms with Crippen molar-refractivity contribution in [3.63, 3.8) is 0 Å². The fourth-order valence-electron chi connectivity index (χ4n) is 3.45. The van der Waals surface area contributed by atoms with Gasteiger partial charge >= 0.3 is 6.18 Å². The molecule has 0 radical (unpaired) electrons. The van der Waals surface area contributed by atoms with Gasteiger partial charge in [-0.1, -0.05) is 0 Å². The molecule has 22 heavy (non-hydrogen) atoms. The predicted molar refractivity (Wildman–Crippen MR) is 78.5 cm³/mol. The van der Waals surface area contributed by atoms with Gasteiger partial charge in [0.2, 0.25) is 5.91 Å². The van der Waals surface area contributed by atoms with E-state index >= 15 is 0 Å². The van der Waals surface area contributed by atoms with Gasteiger partial charge in [-0.2, -0.15) is 13.2 Å². The Labute approximate surface area is 130 Å². The second kappa shape index (κ2) is 7.17. The highest BCUT2D eigenvalue weighted by atomic mass is 19.4. The topological polar surface area (TPSA) is 26.8 Å². The van der Waals surface area contributed by atoms with Crippen LogP contribution in [0.25, 0.3) is 0 Å². The van der Waals surface area contributed by atoms with Crippen LogP contribution in [0, 0.1) is 5.92 Å². The quantitative estimate of drug-likeness (QED) is 0.793. The molecule has 0 aromatic carbocycles. The van der Waals surface area contributed by atoms with E-state index in [1.54, 1.807) is 0 Å². The zero-order valence-corrected chi connectivity index (χ0v) is 13.4. The zero-order chi connectivity index (χ0) is 16.3. The highest BCUT2D eigenvalue weighted by Gasteiger charge is 2.35. The van der Waals surface area contributed by atoms with Crippen molar-refractivity contribution in [2.75, 3.05) is 46.8 Å². The summed E-state index contributed by atoms with van der Waals surface area (Å²) in [7, 11) is 3.58. The van der Waals surface area contributed by atoms with Crippen molar-refractivity contribution < 1.29 is 18.0 Å². The Balaban J connectivity index is 1.78. The normalized spacial score (nSPS) is 23.3. The van der Waals surface area contributed by atoms with Crippen molar-refractivity contribution in [2.45, 2.75) is 37.9 Å². The SMILES string of the molecule is CN1CCC(C(=O)N2CCC(N(C)CC(F)(F)F)CC2)CC1. The number of hydrogen-bond donors (Lipinski definition) is 0. The number of nitrogens with zero attached hydrogens (tertiary/aromatic N) is 3. The minimum Gasteiger partial charge on any atom is -0.342 e. The third-order valence-corrected chi connectivity index (χ3v) is 4.90. The summed E-state index contributed by atoms with van der Waals surface area (Å²) in [6, 6.07) is -0.0804. The van der Waals surface area contributed by atoms with Gasteiger partial charge in [-0.05, 0) is 52.9 Å². The molecule has 128 valence electrons. The molecule has 1 amide bonds. The van der Waals surface area contributed by atoms with Gasteiger partial charge in [0.15, 0.2) is 0 Å². The number of carbonyl (C=O) groups is 1. The fraction of sp³-hybridized carbons (Fsp3) is 0.933. The molecule has 0 saturated carbocycles. The Morgan fingerprint density at radius 3 is 2.14 bits per heavy atom. The maximum absolute atomic E-state index is 12.5. The van der Waals surface area contributed by atoms with Gasteiger partial charge in [0.1, 0.15) is 0 Å². The molecule has 0 N–H and O–H groups in total. The second-order valence-electron chi connectivity index (χ2n) is 6.66. The molecule has 0 spiro atoms. The van der Waals surface area contributed by atoms with E-state index in [2.05, 4.69) is 11.9 Å². The van der Waals surface area contributed by atoms with Gasteiger partial charge in [-0.3, -0.25) is 9.69 Å². The molecule has 0 aliphatic carbocycles. The van der Waals surface area contributed by atoms with Gasteiger partial charge in [-0.15, -0.1) is 0 Å². The molecule has 2 aliphatic heterocycles. The molecule has 2 heterocycles. The zero-order valence-electron chi connectivity index (χ0n) is 13.4. The summed E-state index contributed by atoms with van der Waals surface area (Å²) >= 11 is 0. The summed E-state index contributed by atoms with van der Waals surface area (Å²) in [5.74, 6) is 0.297. The summed E-state index contributed by atoms with van der Waals surface area (Å²) < 4.78 is 37.3. The Hall–Kier alpha value is -0.820. The number of piperidine rings is 2. The largest absolute Gasteiger partial charge is 0.401 e. The minimum absolute atomic E-state index is 0.0804. The van der Waals surface area contributed by atoms with Crippen molar-refractivity contribution in [2.24, 2.45) is 5.92 Å². The molecule has 2 rings (SSSR count). The van der Waals surface area contributed by atoms with Gasteiger partial charge in [0.25, 0.3) is 0 Å². The fourth-order valence-corrected chi connectivity index (χ4v) is 3.45. The summed E-state index contributed by atoms with van der Waals surface area (Å²) in [5.41, 5.74) is 0. The van der Waals surface area contributed by atoms with Crippen LogP contribution in [0.3, 0.4) is 0 Å². The standard InChI is InChI=1S/C15H26F3N3O/c1-19-7-3-12(4-8-19)14(22)21-9-5-13(6-10-21)20(2)11-15(16,17)18/h12-13H,3-11H2,1-2H3. The van der Waals surface area contributed by atoms with Crippen molar-refractivity contribution in [3.8, 4) is 0 Å². The van der Waals surface area contributed by atoms with E-state index in [1.165, 1.54) is 11.9 Å². The number of rotatable bonds is 3. The monoisotopic (exact) mass is 321 g/mol. The van der Waals surface area contributed by atoms with E-state index in [-0.39, 0.29) is 17.9 Å². The molecule has 0 bridgehead atoms. The smallest absolute Gasteiger partial charge is 0.342 e. The average molecular weight is 321 g/mol. The number of alkyl halides is 3. The molecule has 0 aromatic rings. The summed E-state index contributed by atoms with van der Waals surface area (Å²) in [6.07, 6.45) is -1.11. The first kappa shape index (κ1) is 17.5. The highest BCUT2D eigenvalue weighted by Crippen LogP contribution is 2.24. The summed E-state index contributed by atoms with van der Waals surface area (Å²) in [5, 5.41) is 0. The number of carbonyl (C=O) groups excluding carboxylic acids is 1. The lowest BCUT2D eigenvalue weighted by molar-refractivity contribution is -0.151. The lowest BCUT2D eigenvalue weighted by atomic mass is 9.94. The molecular weight excluding hydrogens is 295 g/mol. The Kier molecular flexibility index (Phi) is 5.71. The molecule has 0 atom stereocenters. The molecule has 2 fully saturated rings.